The van der Waals surface area contributed by atoms with Crippen LogP contribution in [0.4, 0.5) is 0 Å². The molecule has 1 heterocycles. The van der Waals surface area contributed by atoms with Crippen molar-refractivity contribution in [3.05, 3.63) is 45.2 Å². The summed E-state index contributed by atoms with van der Waals surface area (Å²) >= 11 is 5.96. The standard InChI is InChI=1S/C16H19ClN2O3/c1-3-19-8-13(16(22)18-7-10(2)9-20)15(21)12-6-11(17)4-5-14(12)19/h4-6,8,10,20H,3,7,9H2,1-2H3,(H,18,22). The van der Waals surface area contributed by atoms with Crippen molar-refractivity contribution in [2.45, 2.75) is 20.4 Å². The molecular formula is C16H19ClN2O3. The number of amides is 1. The first kappa shape index (κ1) is 16.5. The largest absolute Gasteiger partial charge is 0.396 e. The molecule has 2 N–H and O–H groups in total. The maximum atomic E-state index is 12.5. The van der Waals surface area contributed by atoms with Crippen molar-refractivity contribution >= 4 is 28.4 Å². The molecule has 6 heteroatoms. The van der Waals surface area contributed by atoms with Crippen molar-refractivity contribution in [3.63, 3.8) is 0 Å². The molecule has 1 aromatic carbocycles. The molecule has 0 aliphatic carbocycles. The van der Waals surface area contributed by atoms with Crippen molar-refractivity contribution in [2.75, 3.05) is 13.2 Å². The summed E-state index contributed by atoms with van der Waals surface area (Å²) in [6, 6.07) is 5.08. The van der Waals surface area contributed by atoms with Crippen LogP contribution in [0.25, 0.3) is 10.9 Å². The zero-order chi connectivity index (χ0) is 16.3. The van der Waals surface area contributed by atoms with Gasteiger partial charge in [0.1, 0.15) is 5.56 Å². The number of aliphatic hydroxyl groups is 1. The quantitative estimate of drug-likeness (QED) is 0.885. The fraction of sp³-hybridized carbons (Fsp3) is 0.375. The average Bonchev–Trinajstić information content (AvgIpc) is 2.53. The summed E-state index contributed by atoms with van der Waals surface area (Å²) in [6.45, 7) is 4.67. The molecule has 1 aromatic heterocycles. The van der Waals surface area contributed by atoms with E-state index in [1.807, 2.05) is 18.4 Å². The van der Waals surface area contributed by atoms with Gasteiger partial charge in [-0.1, -0.05) is 18.5 Å². The number of hydrogen-bond acceptors (Lipinski definition) is 3. The number of aryl methyl sites for hydroxylation is 1. The predicted molar refractivity (Wildman–Crippen MR) is 87.5 cm³/mol. The van der Waals surface area contributed by atoms with Crippen molar-refractivity contribution in [3.8, 4) is 0 Å². The number of benzene rings is 1. The normalized spacial score (nSPS) is 12.4. The van der Waals surface area contributed by atoms with Crippen LogP contribution in [0.1, 0.15) is 24.2 Å². The Hall–Kier alpha value is -1.85. The highest BCUT2D eigenvalue weighted by atomic mass is 35.5. The van der Waals surface area contributed by atoms with Crippen LogP contribution >= 0.6 is 11.6 Å². The third kappa shape index (κ3) is 3.31. The lowest BCUT2D eigenvalue weighted by molar-refractivity contribution is 0.0940. The van der Waals surface area contributed by atoms with Crippen LogP contribution in [0.2, 0.25) is 5.02 Å². The number of aromatic nitrogens is 1. The topological polar surface area (TPSA) is 71.3 Å². The second-order valence-electron chi connectivity index (χ2n) is 5.32. The zero-order valence-electron chi connectivity index (χ0n) is 12.6. The number of nitrogens with zero attached hydrogens (tertiary/aromatic N) is 1. The Morgan fingerprint density at radius 1 is 1.45 bits per heavy atom. The average molecular weight is 323 g/mol. The number of nitrogens with one attached hydrogen (secondary N) is 1. The van der Waals surface area contributed by atoms with Crippen LogP contribution in [-0.2, 0) is 6.54 Å². The number of carbonyl (C=O) groups is 1. The summed E-state index contributed by atoms with van der Waals surface area (Å²) in [7, 11) is 0. The van der Waals surface area contributed by atoms with Crippen LogP contribution in [0.5, 0.6) is 0 Å². The molecule has 0 aliphatic heterocycles. The summed E-state index contributed by atoms with van der Waals surface area (Å²) in [5.41, 5.74) is 0.496. The van der Waals surface area contributed by atoms with E-state index < -0.39 is 5.91 Å². The number of carbonyl (C=O) groups excluding carboxylic acids is 1. The van der Waals surface area contributed by atoms with E-state index in [0.29, 0.717) is 23.5 Å². The molecule has 22 heavy (non-hydrogen) atoms. The van der Waals surface area contributed by atoms with Gasteiger partial charge in [0.05, 0.1) is 5.52 Å². The summed E-state index contributed by atoms with van der Waals surface area (Å²) in [5.74, 6) is -0.498. The summed E-state index contributed by atoms with van der Waals surface area (Å²) < 4.78 is 1.84. The number of hydrogen-bond donors (Lipinski definition) is 2. The van der Waals surface area contributed by atoms with Crippen LogP contribution < -0.4 is 10.7 Å². The molecule has 118 valence electrons. The molecular weight excluding hydrogens is 304 g/mol. The molecule has 5 nitrogen and oxygen atoms in total. The number of aliphatic hydroxyl groups excluding tert-OH is 1. The van der Waals surface area contributed by atoms with Crippen molar-refractivity contribution in [1.82, 2.24) is 9.88 Å². The van der Waals surface area contributed by atoms with Gasteiger partial charge in [0.15, 0.2) is 0 Å². The lowest BCUT2D eigenvalue weighted by Gasteiger charge is -2.13. The monoisotopic (exact) mass is 322 g/mol. The maximum Gasteiger partial charge on any atom is 0.256 e. The van der Waals surface area contributed by atoms with E-state index in [9.17, 15) is 9.59 Å². The Labute approximate surface area is 133 Å². The highest BCUT2D eigenvalue weighted by Crippen LogP contribution is 2.17. The Morgan fingerprint density at radius 2 is 2.18 bits per heavy atom. The molecule has 0 spiro atoms. The molecule has 0 bridgehead atoms. The van der Waals surface area contributed by atoms with Gasteiger partial charge in [-0.05, 0) is 31.0 Å². The van der Waals surface area contributed by atoms with Gasteiger partial charge in [0.2, 0.25) is 5.43 Å². The smallest absolute Gasteiger partial charge is 0.256 e. The van der Waals surface area contributed by atoms with Crippen LogP contribution in [0.3, 0.4) is 0 Å². The Morgan fingerprint density at radius 3 is 2.82 bits per heavy atom. The van der Waals surface area contributed by atoms with Gasteiger partial charge in [0, 0.05) is 36.3 Å². The minimum Gasteiger partial charge on any atom is -0.396 e. The lowest BCUT2D eigenvalue weighted by atomic mass is 10.1. The van der Waals surface area contributed by atoms with Gasteiger partial charge in [-0.3, -0.25) is 9.59 Å². The molecule has 1 atom stereocenters. The minimum atomic E-state index is -0.436. The van der Waals surface area contributed by atoms with Crippen LogP contribution in [-0.4, -0.2) is 28.7 Å². The highest BCUT2D eigenvalue weighted by Gasteiger charge is 2.15. The molecule has 0 saturated carbocycles. The van der Waals surface area contributed by atoms with E-state index in [-0.39, 0.29) is 23.5 Å². The first-order valence-electron chi connectivity index (χ1n) is 7.19. The van der Waals surface area contributed by atoms with Gasteiger partial charge in [-0.25, -0.2) is 0 Å². The lowest BCUT2D eigenvalue weighted by Crippen LogP contribution is -2.33. The van der Waals surface area contributed by atoms with Gasteiger partial charge in [0.25, 0.3) is 5.91 Å². The van der Waals surface area contributed by atoms with Crippen molar-refractivity contribution in [2.24, 2.45) is 5.92 Å². The summed E-state index contributed by atoms with van der Waals surface area (Å²) in [6.07, 6.45) is 1.57. The molecule has 2 aromatic rings. The third-order valence-corrected chi connectivity index (χ3v) is 3.79. The van der Waals surface area contributed by atoms with E-state index in [1.54, 1.807) is 24.4 Å². The van der Waals surface area contributed by atoms with Gasteiger partial charge >= 0.3 is 0 Å². The highest BCUT2D eigenvalue weighted by molar-refractivity contribution is 6.31. The fourth-order valence-electron chi connectivity index (χ4n) is 2.22. The van der Waals surface area contributed by atoms with Gasteiger partial charge < -0.3 is 15.0 Å². The molecule has 1 unspecified atom stereocenters. The number of pyridine rings is 1. The second kappa shape index (κ2) is 6.94. The molecule has 0 radical (unpaired) electrons. The second-order valence-corrected chi connectivity index (χ2v) is 5.75. The van der Waals surface area contributed by atoms with E-state index in [0.717, 1.165) is 5.52 Å². The summed E-state index contributed by atoms with van der Waals surface area (Å²) in [5, 5.41) is 12.6. The molecule has 0 saturated heterocycles. The van der Waals surface area contributed by atoms with E-state index >= 15 is 0 Å². The van der Waals surface area contributed by atoms with E-state index in [1.165, 1.54) is 0 Å². The molecule has 0 aliphatic rings. The third-order valence-electron chi connectivity index (χ3n) is 3.55. The zero-order valence-corrected chi connectivity index (χ0v) is 13.4. The fourth-order valence-corrected chi connectivity index (χ4v) is 2.39. The molecule has 1 amide bonds. The van der Waals surface area contributed by atoms with Gasteiger partial charge in [-0.2, -0.15) is 0 Å². The maximum absolute atomic E-state index is 12.5. The number of fused-ring (bicyclic) bond motifs is 1. The van der Waals surface area contributed by atoms with Crippen molar-refractivity contribution < 1.29 is 9.90 Å². The predicted octanol–water partition coefficient (Wildman–Crippen LogP) is 2.03. The SMILES string of the molecule is CCn1cc(C(=O)NCC(C)CO)c(=O)c2cc(Cl)ccc21. The number of rotatable bonds is 5. The Kier molecular flexibility index (Phi) is 5.21. The van der Waals surface area contributed by atoms with Crippen LogP contribution in [0.15, 0.2) is 29.2 Å². The number of halogens is 1. The van der Waals surface area contributed by atoms with Crippen molar-refractivity contribution in [1.29, 1.82) is 0 Å². The first-order valence-corrected chi connectivity index (χ1v) is 7.57. The minimum absolute atomic E-state index is 0.0210. The van der Waals surface area contributed by atoms with E-state index in [4.69, 9.17) is 16.7 Å². The van der Waals surface area contributed by atoms with Gasteiger partial charge in [-0.15, -0.1) is 0 Å². The van der Waals surface area contributed by atoms with Crippen LogP contribution in [0, 0.1) is 5.92 Å². The summed E-state index contributed by atoms with van der Waals surface area (Å²) in [4.78, 5) is 24.8. The Balaban J connectivity index is 2.48. The molecule has 2 rings (SSSR count). The van der Waals surface area contributed by atoms with E-state index in [2.05, 4.69) is 5.32 Å². The molecule has 0 fully saturated rings. The Bertz CT molecular complexity index is 755. The first-order chi connectivity index (χ1) is 10.5.